The van der Waals surface area contributed by atoms with E-state index in [1.54, 1.807) is 9.42 Å². The maximum atomic E-state index is 13.4. The minimum atomic E-state index is -0.248. The number of imidazole rings is 1. The Balaban J connectivity index is 1.75. The first kappa shape index (κ1) is 12.9. The van der Waals surface area contributed by atoms with Crippen LogP contribution >= 0.6 is 0 Å². The van der Waals surface area contributed by atoms with Crippen molar-refractivity contribution in [1.29, 1.82) is 0 Å². The number of aromatic nitrogens is 3. The van der Waals surface area contributed by atoms with Gasteiger partial charge in [0.05, 0.1) is 17.6 Å². The molecule has 22 heavy (non-hydrogen) atoms. The number of rotatable bonds is 1. The fraction of sp³-hybridized carbons (Fsp3) is 0.188. The summed E-state index contributed by atoms with van der Waals surface area (Å²) in [6.45, 7) is 4.37. The predicted molar refractivity (Wildman–Crippen MR) is 82.8 cm³/mol. The van der Waals surface area contributed by atoms with Gasteiger partial charge in [-0.2, -0.15) is 5.10 Å². The van der Waals surface area contributed by atoms with Gasteiger partial charge in [-0.05, 0) is 43.7 Å². The van der Waals surface area contributed by atoms with E-state index in [9.17, 15) is 4.39 Å². The number of aryl methyl sites for hydroxylation is 1. The zero-order chi connectivity index (χ0) is 15.3. The molecule has 2 aromatic rings. The summed E-state index contributed by atoms with van der Waals surface area (Å²) in [5, 5.41) is 4.55. The van der Waals surface area contributed by atoms with Gasteiger partial charge in [0, 0.05) is 12.7 Å². The monoisotopic (exact) mass is 295 g/mol. The van der Waals surface area contributed by atoms with E-state index >= 15 is 0 Å². The third-order valence-electron chi connectivity index (χ3n) is 3.67. The van der Waals surface area contributed by atoms with Crippen LogP contribution in [-0.4, -0.2) is 31.9 Å². The topological polar surface area (TPSA) is 45.8 Å². The fourth-order valence-electron chi connectivity index (χ4n) is 2.68. The van der Waals surface area contributed by atoms with Crippen molar-refractivity contribution in [3.8, 4) is 0 Å². The molecule has 0 radical (unpaired) electrons. The van der Waals surface area contributed by atoms with Gasteiger partial charge < -0.3 is 4.90 Å². The molecule has 0 fully saturated rings. The summed E-state index contributed by atoms with van der Waals surface area (Å²) in [6.07, 6.45) is 6.79. The Morgan fingerprint density at radius 2 is 2.09 bits per heavy atom. The number of halogens is 1. The van der Waals surface area contributed by atoms with Crippen molar-refractivity contribution in [1.82, 2.24) is 19.5 Å². The molecule has 110 valence electrons. The normalized spacial score (nSPS) is 17.7. The van der Waals surface area contributed by atoms with Crippen molar-refractivity contribution in [3.63, 3.8) is 0 Å². The molecule has 6 heteroatoms. The molecule has 4 heterocycles. The number of allylic oxidation sites excluding steroid dienone is 2. The molecule has 2 aliphatic heterocycles. The third kappa shape index (κ3) is 2.04. The Hall–Kier alpha value is -2.76. The molecule has 0 N–H and O–H groups in total. The highest BCUT2D eigenvalue weighted by Crippen LogP contribution is 2.25. The average molecular weight is 295 g/mol. The van der Waals surface area contributed by atoms with Gasteiger partial charge in [0.25, 0.3) is 0 Å². The second-order valence-corrected chi connectivity index (χ2v) is 5.42. The molecular formula is C16H14FN5. The summed E-state index contributed by atoms with van der Waals surface area (Å²) < 4.78 is 15.2. The standard InChI is InChI=1S/C16H14FN5/c1-10-7-12(17)9-21-6-5-13(19-16(10)21)14-3-4-15-18-11(2)8-22(15)20-14/h3-5,7-9H,6H2,1-2H3. The van der Waals surface area contributed by atoms with Crippen LogP contribution in [0.5, 0.6) is 0 Å². The Bertz CT molecular complexity index is 900. The van der Waals surface area contributed by atoms with Gasteiger partial charge in [-0.3, -0.25) is 0 Å². The fourth-order valence-corrected chi connectivity index (χ4v) is 2.68. The zero-order valence-electron chi connectivity index (χ0n) is 12.3. The van der Waals surface area contributed by atoms with E-state index in [4.69, 9.17) is 0 Å². The lowest BCUT2D eigenvalue weighted by molar-refractivity contribution is 0.557. The van der Waals surface area contributed by atoms with E-state index in [1.807, 2.05) is 38.3 Å². The van der Waals surface area contributed by atoms with Gasteiger partial charge >= 0.3 is 0 Å². The van der Waals surface area contributed by atoms with E-state index < -0.39 is 0 Å². The van der Waals surface area contributed by atoms with Crippen LogP contribution in [0.3, 0.4) is 0 Å². The Morgan fingerprint density at radius 3 is 2.95 bits per heavy atom. The molecule has 0 atom stereocenters. The molecule has 2 aromatic heterocycles. The molecular weight excluding hydrogens is 281 g/mol. The lowest BCUT2D eigenvalue weighted by Gasteiger charge is -2.28. The summed E-state index contributed by atoms with van der Waals surface area (Å²) in [6, 6.07) is 3.83. The molecule has 5 nitrogen and oxygen atoms in total. The first-order chi connectivity index (χ1) is 10.6. The molecule has 0 unspecified atom stereocenters. The minimum absolute atomic E-state index is 0.248. The molecule has 0 saturated carbocycles. The Kier molecular flexibility index (Phi) is 2.72. The number of nitrogens with zero attached hydrogens (tertiary/aromatic N) is 5. The molecule has 0 amide bonds. The quantitative estimate of drug-likeness (QED) is 0.812. The molecule has 0 bridgehead atoms. The highest BCUT2D eigenvalue weighted by atomic mass is 19.1. The lowest BCUT2D eigenvalue weighted by Crippen LogP contribution is -2.31. The van der Waals surface area contributed by atoms with Crippen molar-refractivity contribution < 1.29 is 4.39 Å². The number of hydrogen-bond acceptors (Lipinski definition) is 4. The first-order valence-electron chi connectivity index (χ1n) is 7.05. The largest absolute Gasteiger partial charge is 0.326 e. The number of hydrogen-bond donors (Lipinski definition) is 0. The van der Waals surface area contributed by atoms with Crippen molar-refractivity contribution in [2.45, 2.75) is 13.8 Å². The highest BCUT2D eigenvalue weighted by Gasteiger charge is 2.21. The van der Waals surface area contributed by atoms with Crippen LogP contribution < -0.4 is 0 Å². The Morgan fingerprint density at radius 1 is 1.23 bits per heavy atom. The van der Waals surface area contributed by atoms with Crippen LogP contribution in [-0.2, 0) is 0 Å². The minimum Gasteiger partial charge on any atom is -0.326 e. The number of amidine groups is 1. The SMILES string of the molecule is CC1=CC(F)=CN2CC=C(c3ccc4nc(C)cn4n3)N=C12. The molecule has 0 saturated heterocycles. The first-order valence-corrected chi connectivity index (χ1v) is 7.05. The Labute approximate surface area is 126 Å². The van der Waals surface area contributed by atoms with Gasteiger partial charge in [-0.15, -0.1) is 0 Å². The third-order valence-corrected chi connectivity index (χ3v) is 3.67. The van der Waals surface area contributed by atoms with Crippen molar-refractivity contribution in [2.75, 3.05) is 6.54 Å². The van der Waals surface area contributed by atoms with Gasteiger partial charge in [-0.1, -0.05) is 0 Å². The lowest BCUT2D eigenvalue weighted by atomic mass is 10.1. The van der Waals surface area contributed by atoms with Gasteiger partial charge in [0.1, 0.15) is 17.4 Å². The maximum absolute atomic E-state index is 13.4. The van der Waals surface area contributed by atoms with E-state index in [0.717, 1.165) is 34.1 Å². The predicted octanol–water partition coefficient (Wildman–Crippen LogP) is 2.86. The van der Waals surface area contributed by atoms with Crippen LogP contribution in [0.25, 0.3) is 11.3 Å². The second kappa shape index (κ2) is 4.62. The summed E-state index contributed by atoms with van der Waals surface area (Å²) >= 11 is 0. The van der Waals surface area contributed by atoms with Crippen molar-refractivity contribution in [2.24, 2.45) is 4.99 Å². The molecule has 2 aliphatic rings. The summed E-state index contributed by atoms with van der Waals surface area (Å²) in [5.74, 6) is 0.518. The number of fused-ring (bicyclic) bond motifs is 2. The van der Waals surface area contributed by atoms with Crippen LogP contribution in [0.15, 0.2) is 53.1 Å². The average Bonchev–Trinajstić information content (AvgIpc) is 2.86. The van der Waals surface area contributed by atoms with Crippen molar-refractivity contribution >= 4 is 17.2 Å². The number of aliphatic imine (C=N–C) groups is 1. The van der Waals surface area contributed by atoms with Gasteiger partial charge in [-0.25, -0.2) is 18.9 Å². The van der Waals surface area contributed by atoms with E-state index in [1.165, 1.54) is 12.3 Å². The van der Waals surface area contributed by atoms with Crippen LogP contribution in [0, 0.1) is 6.92 Å². The molecule has 4 rings (SSSR count). The summed E-state index contributed by atoms with van der Waals surface area (Å²) in [7, 11) is 0. The van der Waals surface area contributed by atoms with Crippen molar-refractivity contribution in [3.05, 3.63) is 59.5 Å². The van der Waals surface area contributed by atoms with Crippen LogP contribution in [0.1, 0.15) is 18.3 Å². The van der Waals surface area contributed by atoms with E-state index in [2.05, 4.69) is 15.1 Å². The summed E-state index contributed by atoms with van der Waals surface area (Å²) in [5.41, 5.74) is 4.12. The van der Waals surface area contributed by atoms with Gasteiger partial charge in [0.15, 0.2) is 5.65 Å². The van der Waals surface area contributed by atoms with E-state index in [0.29, 0.717) is 6.54 Å². The van der Waals surface area contributed by atoms with Gasteiger partial charge in [0.2, 0.25) is 0 Å². The maximum Gasteiger partial charge on any atom is 0.153 e. The highest BCUT2D eigenvalue weighted by molar-refractivity contribution is 6.03. The second-order valence-electron chi connectivity index (χ2n) is 5.42. The smallest absolute Gasteiger partial charge is 0.153 e. The van der Waals surface area contributed by atoms with Crippen LogP contribution in [0.4, 0.5) is 4.39 Å². The molecule has 0 aromatic carbocycles. The molecule has 0 spiro atoms. The van der Waals surface area contributed by atoms with E-state index in [-0.39, 0.29) is 5.83 Å². The zero-order valence-corrected chi connectivity index (χ0v) is 12.3. The van der Waals surface area contributed by atoms with Crippen LogP contribution in [0.2, 0.25) is 0 Å². The summed E-state index contributed by atoms with van der Waals surface area (Å²) in [4.78, 5) is 10.8. The molecule has 0 aliphatic carbocycles.